The Labute approximate surface area is 171 Å². The van der Waals surface area contributed by atoms with E-state index >= 15 is 0 Å². The molecule has 1 fully saturated rings. The summed E-state index contributed by atoms with van der Waals surface area (Å²) in [4.78, 5) is 16.1. The average Bonchev–Trinajstić information content (AvgIpc) is 3.14. The summed E-state index contributed by atoms with van der Waals surface area (Å²) in [6.45, 7) is 5.05. The second-order valence-electron chi connectivity index (χ2n) is 7.21. The molecule has 3 rings (SSSR count). The molecule has 1 aromatic heterocycles. The minimum absolute atomic E-state index is 0.0308. The highest BCUT2D eigenvalue weighted by Crippen LogP contribution is 2.15. The molecule has 158 valence electrons. The molecule has 2 heterocycles. The Kier molecular flexibility index (Phi) is 6.88. The van der Waals surface area contributed by atoms with Gasteiger partial charge in [-0.1, -0.05) is 12.1 Å². The van der Waals surface area contributed by atoms with Crippen LogP contribution in [0.25, 0.3) is 0 Å². The van der Waals surface area contributed by atoms with Crippen molar-refractivity contribution in [3.63, 3.8) is 0 Å². The largest absolute Gasteiger partial charge is 0.373 e. The third-order valence-electron chi connectivity index (χ3n) is 4.53. The van der Waals surface area contributed by atoms with Crippen LogP contribution in [0.2, 0.25) is 0 Å². The Morgan fingerprint density at radius 1 is 1.28 bits per heavy atom. The number of urea groups is 1. The molecule has 9 nitrogen and oxygen atoms in total. The number of carbonyl (C=O) groups is 1. The number of sulfonamides is 1. The molecule has 29 heavy (non-hydrogen) atoms. The fraction of sp³-hybridized carbons (Fsp3) is 0.474. The fourth-order valence-electron chi connectivity index (χ4n) is 3.29. The molecule has 2 unspecified atom stereocenters. The smallest absolute Gasteiger partial charge is 0.319 e. The molecule has 2 aromatic rings. The molecule has 1 aliphatic rings. The van der Waals surface area contributed by atoms with Gasteiger partial charge in [-0.05, 0) is 31.5 Å². The van der Waals surface area contributed by atoms with Crippen molar-refractivity contribution in [2.24, 2.45) is 0 Å². The lowest BCUT2D eigenvalue weighted by atomic mass is 10.2. The molecule has 0 spiro atoms. The number of ether oxygens (including phenoxy) is 1. The summed E-state index contributed by atoms with van der Waals surface area (Å²) in [5.41, 5.74) is 1.65. The topological polar surface area (TPSA) is 106 Å². The summed E-state index contributed by atoms with van der Waals surface area (Å²) in [5, 5.41) is 5.35. The molecule has 1 aromatic carbocycles. The highest BCUT2D eigenvalue weighted by molar-refractivity contribution is 7.89. The van der Waals surface area contributed by atoms with Crippen LogP contribution in [0.1, 0.15) is 19.4 Å². The summed E-state index contributed by atoms with van der Waals surface area (Å²) >= 11 is 0. The molecule has 0 radical (unpaired) electrons. The van der Waals surface area contributed by atoms with Gasteiger partial charge in [0.2, 0.25) is 10.0 Å². The predicted molar refractivity (Wildman–Crippen MR) is 110 cm³/mol. The molecule has 0 saturated carbocycles. The molecule has 1 saturated heterocycles. The van der Waals surface area contributed by atoms with Crippen molar-refractivity contribution in [1.82, 2.24) is 19.2 Å². The minimum atomic E-state index is -3.45. The van der Waals surface area contributed by atoms with E-state index in [1.165, 1.54) is 4.31 Å². The van der Waals surface area contributed by atoms with E-state index in [0.717, 1.165) is 5.56 Å². The van der Waals surface area contributed by atoms with Crippen molar-refractivity contribution >= 4 is 21.7 Å². The number of amides is 2. The SMILES string of the molecule is CC1CN(S(=O)(=O)CCNC(=O)Nc2cccc(Cn3ccnc3)c2)CC(C)O1. The van der Waals surface area contributed by atoms with Gasteiger partial charge < -0.3 is 19.9 Å². The minimum Gasteiger partial charge on any atom is -0.373 e. The van der Waals surface area contributed by atoms with E-state index in [9.17, 15) is 13.2 Å². The van der Waals surface area contributed by atoms with E-state index in [2.05, 4.69) is 15.6 Å². The number of aromatic nitrogens is 2. The lowest BCUT2D eigenvalue weighted by molar-refractivity contribution is -0.0440. The molecule has 2 amide bonds. The standard InChI is InChI=1S/C19H27N5O4S/c1-15-11-24(12-16(2)28-15)29(26,27)9-7-21-19(25)22-18-5-3-4-17(10-18)13-23-8-6-20-14-23/h3-6,8,10,14-16H,7,9,11-13H2,1-2H3,(H2,21,22,25). The van der Waals surface area contributed by atoms with Gasteiger partial charge in [0.1, 0.15) is 0 Å². The van der Waals surface area contributed by atoms with E-state index < -0.39 is 16.1 Å². The van der Waals surface area contributed by atoms with E-state index in [1.807, 2.05) is 42.8 Å². The highest BCUT2D eigenvalue weighted by Gasteiger charge is 2.30. The van der Waals surface area contributed by atoms with Crippen LogP contribution >= 0.6 is 0 Å². The Morgan fingerprint density at radius 2 is 2.03 bits per heavy atom. The second-order valence-corrected chi connectivity index (χ2v) is 9.30. The number of benzene rings is 1. The predicted octanol–water partition coefficient (Wildman–Crippen LogP) is 1.49. The molecular weight excluding hydrogens is 394 g/mol. The zero-order valence-corrected chi connectivity index (χ0v) is 17.4. The summed E-state index contributed by atoms with van der Waals surface area (Å²) in [5.74, 6) is -0.152. The van der Waals surface area contributed by atoms with Gasteiger partial charge in [0.15, 0.2) is 0 Å². The van der Waals surface area contributed by atoms with Crippen LogP contribution in [0, 0.1) is 0 Å². The molecule has 2 atom stereocenters. The van der Waals surface area contributed by atoms with Gasteiger partial charge in [-0.15, -0.1) is 0 Å². The first-order chi connectivity index (χ1) is 13.8. The highest BCUT2D eigenvalue weighted by atomic mass is 32.2. The van der Waals surface area contributed by atoms with Gasteiger partial charge in [0.25, 0.3) is 0 Å². The van der Waals surface area contributed by atoms with Crippen molar-refractivity contribution in [1.29, 1.82) is 0 Å². The number of nitrogens with one attached hydrogen (secondary N) is 2. The normalized spacial score (nSPS) is 20.3. The van der Waals surface area contributed by atoms with Gasteiger partial charge in [-0.3, -0.25) is 0 Å². The zero-order valence-electron chi connectivity index (χ0n) is 16.6. The number of nitrogens with zero attached hydrogens (tertiary/aromatic N) is 3. The Bertz CT molecular complexity index is 906. The molecular formula is C19H27N5O4S. The van der Waals surface area contributed by atoms with Crippen LogP contribution in [0.3, 0.4) is 0 Å². The first-order valence-corrected chi connectivity index (χ1v) is 11.2. The second kappa shape index (κ2) is 9.38. The summed E-state index contributed by atoms with van der Waals surface area (Å²) < 4.78 is 33.9. The number of hydrogen-bond acceptors (Lipinski definition) is 5. The van der Waals surface area contributed by atoms with E-state index in [4.69, 9.17) is 4.74 Å². The maximum atomic E-state index is 12.5. The van der Waals surface area contributed by atoms with Gasteiger partial charge in [-0.2, -0.15) is 4.31 Å². The van der Waals surface area contributed by atoms with Crippen molar-refractivity contribution in [2.75, 3.05) is 30.7 Å². The van der Waals surface area contributed by atoms with E-state index in [1.54, 1.807) is 18.6 Å². The Hall–Kier alpha value is -2.43. The van der Waals surface area contributed by atoms with Crippen LogP contribution < -0.4 is 10.6 Å². The summed E-state index contributed by atoms with van der Waals surface area (Å²) in [6, 6.07) is 7.02. The average molecular weight is 422 g/mol. The molecule has 1 aliphatic heterocycles. The van der Waals surface area contributed by atoms with Crippen LogP contribution in [0.4, 0.5) is 10.5 Å². The lowest BCUT2D eigenvalue weighted by Gasteiger charge is -2.34. The Morgan fingerprint density at radius 3 is 2.72 bits per heavy atom. The molecule has 2 N–H and O–H groups in total. The number of rotatable bonds is 7. The van der Waals surface area contributed by atoms with E-state index in [-0.39, 0.29) is 24.5 Å². The molecule has 0 aliphatic carbocycles. The van der Waals surface area contributed by atoms with Gasteiger partial charge in [0, 0.05) is 44.3 Å². The molecule has 10 heteroatoms. The zero-order chi connectivity index (χ0) is 20.9. The quantitative estimate of drug-likeness (QED) is 0.705. The van der Waals surface area contributed by atoms with Crippen molar-refractivity contribution in [3.8, 4) is 0 Å². The third-order valence-corrected chi connectivity index (χ3v) is 6.34. The fourth-order valence-corrected chi connectivity index (χ4v) is 4.79. The number of hydrogen-bond donors (Lipinski definition) is 2. The van der Waals surface area contributed by atoms with Crippen LogP contribution in [0.15, 0.2) is 43.0 Å². The monoisotopic (exact) mass is 421 g/mol. The summed E-state index contributed by atoms with van der Waals surface area (Å²) in [6.07, 6.45) is 5.02. The Balaban J connectivity index is 1.47. The number of carbonyl (C=O) groups excluding carboxylic acids is 1. The van der Waals surface area contributed by atoms with Gasteiger partial charge in [-0.25, -0.2) is 18.2 Å². The number of imidazole rings is 1. The maximum absolute atomic E-state index is 12.5. The first kappa shape index (κ1) is 21.3. The van der Waals surface area contributed by atoms with Crippen molar-refractivity contribution in [3.05, 3.63) is 48.5 Å². The summed E-state index contributed by atoms with van der Waals surface area (Å²) in [7, 11) is -3.45. The van der Waals surface area contributed by atoms with Crippen molar-refractivity contribution in [2.45, 2.75) is 32.6 Å². The van der Waals surface area contributed by atoms with Gasteiger partial charge in [0.05, 0.1) is 24.3 Å². The third kappa shape index (κ3) is 6.28. The first-order valence-electron chi connectivity index (χ1n) is 9.54. The van der Waals surface area contributed by atoms with Crippen LogP contribution in [-0.4, -0.2) is 65.9 Å². The van der Waals surface area contributed by atoms with Gasteiger partial charge >= 0.3 is 6.03 Å². The van der Waals surface area contributed by atoms with Crippen molar-refractivity contribution < 1.29 is 17.9 Å². The number of morpholine rings is 1. The number of anilines is 1. The maximum Gasteiger partial charge on any atom is 0.319 e. The van der Waals surface area contributed by atoms with Crippen LogP contribution in [-0.2, 0) is 21.3 Å². The van der Waals surface area contributed by atoms with E-state index in [0.29, 0.717) is 25.3 Å². The lowest BCUT2D eigenvalue weighted by Crippen LogP contribution is -2.49. The van der Waals surface area contributed by atoms with Crippen LogP contribution in [0.5, 0.6) is 0 Å². The molecule has 0 bridgehead atoms.